The van der Waals surface area contributed by atoms with Crippen LogP contribution < -0.4 is 5.32 Å². The van der Waals surface area contributed by atoms with E-state index in [4.69, 9.17) is 9.47 Å². The van der Waals surface area contributed by atoms with Gasteiger partial charge in [-0.05, 0) is 30.7 Å². The monoisotopic (exact) mass is 305 g/mol. The van der Waals surface area contributed by atoms with Crippen molar-refractivity contribution in [1.82, 2.24) is 5.32 Å². The normalized spacial score (nSPS) is 10.9. The fourth-order valence-electron chi connectivity index (χ4n) is 1.99. The van der Waals surface area contributed by atoms with E-state index in [2.05, 4.69) is 41.7 Å². The van der Waals surface area contributed by atoms with Gasteiger partial charge >= 0.3 is 0 Å². The summed E-state index contributed by atoms with van der Waals surface area (Å²) in [5, 5.41) is 3.46. The molecule has 3 nitrogen and oxygen atoms in total. The zero-order valence-electron chi connectivity index (χ0n) is 12.5. The van der Waals surface area contributed by atoms with Gasteiger partial charge in [-0.2, -0.15) is 0 Å². The fraction of sp³-hybridized carbons (Fsp3) is 0.412. The Balaban J connectivity index is 1.63. The van der Waals surface area contributed by atoms with E-state index >= 15 is 0 Å². The maximum atomic E-state index is 5.43. The SMILES string of the molecule is COCCOCCCNCc1ccc(-c2ccccc2)s1. The van der Waals surface area contributed by atoms with Gasteiger partial charge in [-0.3, -0.25) is 0 Å². The van der Waals surface area contributed by atoms with Gasteiger partial charge in [0.2, 0.25) is 0 Å². The van der Waals surface area contributed by atoms with E-state index in [1.807, 2.05) is 17.4 Å². The zero-order valence-corrected chi connectivity index (χ0v) is 13.3. The summed E-state index contributed by atoms with van der Waals surface area (Å²) in [5.41, 5.74) is 1.29. The third-order valence-electron chi connectivity index (χ3n) is 3.09. The first-order chi connectivity index (χ1) is 10.4. The number of hydrogen-bond acceptors (Lipinski definition) is 4. The van der Waals surface area contributed by atoms with Gasteiger partial charge < -0.3 is 14.8 Å². The van der Waals surface area contributed by atoms with Crippen molar-refractivity contribution in [3.05, 3.63) is 47.3 Å². The average Bonchev–Trinajstić information content (AvgIpc) is 3.00. The van der Waals surface area contributed by atoms with Gasteiger partial charge in [0.15, 0.2) is 0 Å². The van der Waals surface area contributed by atoms with Crippen LogP contribution in [0, 0.1) is 0 Å². The molecule has 1 aromatic heterocycles. The lowest BCUT2D eigenvalue weighted by atomic mass is 10.2. The van der Waals surface area contributed by atoms with E-state index < -0.39 is 0 Å². The maximum absolute atomic E-state index is 5.43. The molecule has 1 heterocycles. The Labute approximate surface area is 130 Å². The van der Waals surface area contributed by atoms with Crippen molar-refractivity contribution in [3.8, 4) is 10.4 Å². The molecule has 0 spiro atoms. The van der Waals surface area contributed by atoms with Crippen LogP contribution in [0.4, 0.5) is 0 Å². The van der Waals surface area contributed by atoms with Crippen LogP contribution in [0.3, 0.4) is 0 Å². The Bertz CT molecular complexity index is 499. The lowest BCUT2D eigenvalue weighted by Crippen LogP contribution is -2.16. The van der Waals surface area contributed by atoms with E-state index in [1.54, 1.807) is 7.11 Å². The summed E-state index contributed by atoms with van der Waals surface area (Å²) in [5.74, 6) is 0. The highest BCUT2D eigenvalue weighted by atomic mass is 32.1. The summed E-state index contributed by atoms with van der Waals surface area (Å²) in [7, 11) is 1.69. The van der Waals surface area contributed by atoms with Crippen LogP contribution in [0.1, 0.15) is 11.3 Å². The van der Waals surface area contributed by atoms with Crippen LogP contribution in [0.15, 0.2) is 42.5 Å². The Morgan fingerprint density at radius 2 is 1.86 bits per heavy atom. The molecule has 0 saturated heterocycles. The smallest absolute Gasteiger partial charge is 0.0700 e. The molecule has 0 radical (unpaired) electrons. The Kier molecular flexibility index (Phi) is 7.46. The first-order valence-corrected chi connectivity index (χ1v) is 8.13. The highest BCUT2D eigenvalue weighted by Gasteiger charge is 2.01. The Morgan fingerprint density at radius 1 is 1.00 bits per heavy atom. The summed E-state index contributed by atoms with van der Waals surface area (Å²) in [4.78, 5) is 2.70. The number of hydrogen-bond donors (Lipinski definition) is 1. The van der Waals surface area contributed by atoms with Gasteiger partial charge in [0.25, 0.3) is 0 Å². The van der Waals surface area contributed by atoms with E-state index in [1.165, 1.54) is 15.3 Å². The number of ether oxygens (including phenoxy) is 2. The molecule has 1 N–H and O–H groups in total. The van der Waals surface area contributed by atoms with Crippen molar-refractivity contribution in [3.63, 3.8) is 0 Å². The molecule has 0 aliphatic rings. The summed E-state index contributed by atoms with van der Waals surface area (Å²) in [6.45, 7) is 4.05. The van der Waals surface area contributed by atoms with Crippen LogP contribution in [-0.4, -0.2) is 33.5 Å². The molecule has 0 aliphatic heterocycles. The maximum Gasteiger partial charge on any atom is 0.0700 e. The minimum absolute atomic E-state index is 0.672. The predicted molar refractivity (Wildman–Crippen MR) is 88.8 cm³/mol. The van der Waals surface area contributed by atoms with Crippen molar-refractivity contribution in [2.45, 2.75) is 13.0 Å². The molecule has 0 atom stereocenters. The quantitative estimate of drug-likeness (QED) is 0.681. The van der Waals surface area contributed by atoms with Gasteiger partial charge in [0, 0.05) is 30.0 Å². The van der Waals surface area contributed by atoms with Crippen molar-refractivity contribution < 1.29 is 9.47 Å². The molecule has 0 unspecified atom stereocenters. The third kappa shape index (κ3) is 5.98. The van der Waals surface area contributed by atoms with Crippen molar-refractivity contribution >= 4 is 11.3 Å². The molecule has 2 rings (SSSR count). The predicted octanol–water partition coefficient (Wildman–Crippen LogP) is 3.56. The summed E-state index contributed by atoms with van der Waals surface area (Å²) in [6.07, 6.45) is 1.03. The number of nitrogens with one attached hydrogen (secondary N) is 1. The number of benzene rings is 1. The van der Waals surface area contributed by atoms with E-state index in [9.17, 15) is 0 Å². The Morgan fingerprint density at radius 3 is 2.67 bits per heavy atom. The first kappa shape index (κ1) is 16.2. The van der Waals surface area contributed by atoms with Crippen LogP contribution in [0.2, 0.25) is 0 Å². The van der Waals surface area contributed by atoms with Gasteiger partial charge in [0.1, 0.15) is 0 Å². The molecular formula is C17H23NO2S. The third-order valence-corrected chi connectivity index (χ3v) is 4.23. The molecule has 1 aromatic carbocycles. The second-order valence-corrected chi connectivity index (χ2v) is 5.94. The molecule has 4 heteroatoms. The van der Waals surface area contributed by atoms with E-state index in [0.717, 1.165) is 26.1 Å². The largest absolute Gasteiger partial charge is 0.382 e. The molecule has 0 aliphatic carbocycles. The number of rotatable bonds is 10. The molecule has 114 valence electrons. The molecule has 0 saturated carbocycles. The highest BCUT2D eigenvalue weighted by Crippen LogP contribution is 2.27. The molecule has 0 fully saturated rings. The topological polar surface area (TPSA) is 30.5 Å². The van der Waals surface area contributed by atoms with Gasteiger partial charge in [-0.25, -0.2) is 0 Å². The van der Waals surface area contributed by atoms with Crippen molar-refractivity contribution in [1.29, 1.82) is 0 Å². The lowest BCUT2D eigenvalue weighted by molar-refractivity contribution is 0.0695. The summed E-state index contributed by atoms with van der Waals surface area (Å²) in [6, 6.07) is 14.9. The minimum Gasteiger partial charge on any atom is -0.382 e. The Hall–Kier alpha value is -1.20. The van der Waals surface area contributed by atoms with Gasteiger partial charge in [-0.15, -0.1) is 11.3 Å². The van der Waals surface area contributed by atoms with E-state index in [0.29, 0.717) is 13.2 Å². The second-order valence-electron chi connectivity index (χ2n) is 4.77. The molecule has 21 heavy (non-hydrogen) atoms. The first-order valence-electron chi connectivity index (χ1n) is 7.31. The van der Waals surface area contributed by atoms with Crippen molar-refractivity contribution in [2.75, 3.05) is 33.5 Å². The molecular weight excluding hydrogens is 282 g/mol. The summed E-state index contributed by atoms with van der Waals surface area (Å²) < 4.78 is 10.4. The van der Waals surface area contributed by atoms with Gasteiger partial charge in [0.05, 0.1) is 13.2 Å². The second kappa shape index (κ2) is 9.68. The van der Waals surface area contributed by atoms with Crippen LogP contribution in [-0.2, 0) is 16.0 Å². The van der Waals surface area contributed by atoms with Crippen molar-refractivity contribution in [2.24, 2.45) is 0 Å². The van der Waals surface area contributed by atoms with E-state index in [-0.39, 0.29) is 0 Å². The standard InChI is InChI=1S/C17H23NO2S/c1-19-12-13-20-11-5-10-18-14-16-8-9-17(21-16)15-6-3-2-4-7-15/h2-4,6-9,18H,5,10-14H2,1H3. The summed E-state index contributed by atoms with van der Waals surface area (Å²) >= 11 is 1.85. The average molecular weight is 305 g/mol. The molecule has 0 amide bonds. The highest BCUT2D eigenvalue weighted by molar-refractivity contribution is 7.15. The fourth-order valence-corrected chi connectivity index (χ4v) is 2.97. The minimum atomic E-state index is 0.672. The van der Waals surface area contributed by atoms with Gasteiger partial charge in [-0.1, -0.05) is 30.3 Å². The number of thiophene rings is 1. The lowest BCUT2D eigenvalue weighted by Gasteiger charge is -2.04. The van der Waals surface area contributed by atoms with Crippen LogP contribution in [0.25, 0.3) is 10.4 Å². The van der Waals surface area contributed by atoms with Crippen LogP contribution >= 0.6 is 11.3 Å². The number of methoxy groups -OCH3 is 1. The zero-order chi connectivity index (χ0) is 14.8. The molecule has 2 aromatic rings. The van der Waals surface area contributed by atoms with Crippen LogP contribution in [0.5, 0.6) is 0 Å². The molecule has 0 bridgehead atoms.